The van der Waals surface area contributed by atoms with Gasteiger partial charge in [-0.1, -0.05) is 6.08 Å². The molecule has 112 valence electrons. The first-order valence-corrected chi connectivity index (χ1v) is 7.08. The van der Waals surface area contributed by atoms with E-state index in [-0.39, 0.29) is 11.8 Å². The Balaban J connectivity index is 2.47. The number of nitrogens with zero attached hydrogens (tertiary/aromatic N) is 2. The largest absolute Gasteiger partial charge is 0.504 e. The van der Waals surface area contributed by atoms with Crippen molar-refractivity contribution in [2.24, 2.45) is 0 Å². The molecule has 1 aromatic rings. The van der Waals surface area contributed by atoms with Crippen LogP contribution in [0.25, 0.3) is 0 Å². The monoisotopic (exact) mass is 287 g/mol. The maximum atomic E-state index is 10.5. The number of nitriles is 1. The summed E-state index contributed by atoms with van der Waals surface area (Å²) in [7, 11) is 1.51. The first kappa shape index (κ1) is 15.4. The van der Waals surface area contributed by atoms with E-state index in [0.29, 0.717) is 23.3 Å². The molecule has 1 saturated heterocycles. The number of benzene rings is 1. The summed E-state index contributed by atoms with van der Waals surface area (Å²) in [4.78, 5) is 2.27. The molecule has 0 amide bonds. The first-order chi connectivity index (χ1) is 10.2. The van der Waals surface area contributed by atoms with Crippen LogP contribution in [-0.4, -0.2) is 43.3 Å². The van der Waals surface area contributed by atoms with Crippen molar-refractivity contribution >= 4 is 0 Å². The van der Waals surface area contributed by atoms with E-state index in [1.807, 2.05) is 6.08 Å². The molecule has 1 fully saturated rings. The van der Waals surface area contributed by atoms with Crippen molar-refractivity contribution in [3.05, 3.63) is 35.9 Å². The maximum absolute atomic E-state index is 10.5. The maximum Gasteiger partial charge on any atom is 0.163 e. The molecule has 1 atom stereocenters. The van der Waals surface area contributed by atoms with Gasteiger partial charge in [-0.25, -0.2) is 0 Å². The number of rotatable bonds is 5. The predicted octanol–water partition coefficient (Wildman–Crippen LogP) is 1.79. The molecule has 0 unspecified atom stereocenters. The molecule has 1 aliphatic rings. The van der Waals surface area contributed by atoms with Gasteiger partial charge in [-0.2, -0.15) is 5.26 Å². The van der Waals surface area contributed by atoms with Crippen LogP contribution in [0.4, 0.5) is 0 Å². The Kier molecular flexibility index (Phi) is 5.20. The SMILES string of the molecule is C=CC[C@H](c1c(C#N)ccc(OC)c1O)N1CCNCC1. The number of ether oxygens (including phenoxy) is 1. The Morgan fingerprint density at radius 1 is 1.52 bits per heavy atom. The third-order valence-electron chi connectivity index (χ3n) is 3.84. The zero-order valence-corrected chi connectivity index (χ0v) is 12.3. The summed E-state index contributed by atoms with van der Waals surface area (Å²) < 4.78 is 5.18. The lowest BCUT2D eigenvalue weighted by atomic mass is 9.95. The van der Waals surface area contributed by atoms with Gasteiger partial charge in [0.1, 0.15) is 0 Å². The lowest BCUT2D eigenvalue weighted by Crippen LogP contribution is -2.45. The molecule has 5 heteroatoms. The van der Waals surface area contributed by atoms with Crippen LogP contribution in [0, 0.1) is 11.3 Å². The molecule has 0 radical (unpaired) electrons. The van der Waals surface area contributed by atoms with E-state index in [0.717, 1.165) is 26.2 Å². The standard InChI is InChI=1S/C16H21N3O2/c1-3-4-13(19-9-7-18-8-10-19)15-12(11-17)5-6-14(21-2)16(15)20/h3,5-6,13,18,20H,1,4,7-10H2,2H3/t13-/m1/s1. The van der Waals surface area contributed by atoms with Crippen LogP contribution < -0.4 is 10.1 Å². The normalized spacial score (nSPS) is 17.0. The second-order valence-corrected chi connectivity index (χ2v) is 5.02. The topological polar surface area (TPSA) is 68.5 Å². The van der Waals surface area contributed by atoms with Crippen LogP contribution in [0.5, 0.6) is 11.5 Å². The molecule has 0 spiro atoms. The summed E-state index contributed by atoms with van der Waals surface area (Å²) in [6.07, 6.45) is 2.50. The van der Waals surface area contributed by atoms with Gasteiger partial charge < -0.3 is 15.2 Å². The van der Waals surface area contributed by atoms with Gasteiger partial charge in [0, 0.05) is 37.8 Å². The highest BCUT2D eigenvalue weighted by atomic mass is 16.5. The van der Waals surface area contributed by atoms with Crippen molar-refractivity contribution in [2.45, 2.75) is 12.5 Å². The highest BCUT2D eigenvalue weighted by Gasteiger charge is 2.27. The molecule has 2 rings (SSSR count). The van der Waals surface area contributed by atoms with Gasteiger partial charge >= 0.3 is 0 Å². The summed E-state index contributed by atoms with van der Waals surface area (Å²) in [6, 6.07) is 5.44. The van der Waals surface area contributed by atoms with Crippen LogP contribution in [0.3, 0.4) is 0 Å². The van der Waals surface area contributed by atoms with Crippen LogP contribution in [0.15, 0.2) is 24.8 Å². The van der Waals surface area contributed by atoms with Crippen molar-refractivity contribution in [1.29, 1.82) is 5.26 Å². The van der Waals surface area contributed by atoms with E-state index in [9.17, 15) is 10.4 Å². The molecule has 0 aromatic heterocycles. The van der Waals surface area contributed by atoms with Crippen LogP contribution in [-0.2, 0) is 0 Å². The fourth-order valence-electron chi connectivity index (χ4n) is 2.79. The Morgan fingerprint density at radius 2 is 2.24 bits per heavy atom. The molecule has 1 heterocycles. The number of piperazine rings is 1. The predicted molar refractivity (Wildman–Crippen MR) is 81.4 cm³/mol. The lowest BCUT2D eigenvalue weighted by molar-refractivity contribution is 0.171. The van der Waals surface area contributed by atoms with E-state index in [1.54, 1.807) is 12.1 Å². The zero-order chi connectivity index (χ0) is 15.2. The van der Waals surface area contributed by atoms with Crippen molar-refractivity contribution in [3.8, 4) is 17.6 Å². The molecule has 5 nitrogen and oxygen atoms in total. The fraction of sp³-hybridized carbons (Fsp3) is 0.438. The molecule has 2 N–H and O–H groups in total. The molecule has 0 bridgehead atoms. The van der Waals surface area contributed by atoms with Gasteiger partial charge in [-0.15, -0.1) is 6.58 Å². The summed E-state index contributed by atoms with van der Waals surface area (Å²) in [5, 5.41) is 23.1. The third-order valence-corrected chi connectivity index (χ3v) is 3.84. The smallest absolute Gasteiger partial charge is 0.163 e. The number of hydrogen-bond acceptors (Lipinski definition) is 5. The zero-order valence-electron chi connectivity index (χ0n) is 12.3. The van der Waals surface area contributed by atoms with Crippen molar-refractivity contribution in [1.82, 2.24) is 10.2 Å². The van der Waals surface area contributed by atoms with Gasteiger partial charge in [-0.05, 0) is 18.6 Å². The summed E-state index contributed by atoms with van der Waals surface area (Å²) in [5.41, 5.74) is 1.12. The molecule has 1 aliphatic heterocycles. The van der Waals surface area contributed by atoms with E-state index in [4.69, 9.17) is 4.74 Å². The van der Waals surface area contributed by atoms with Gasteiger partial charge in [0.25, 0.3) is 0 Å². The Labute approximate surface area is 125 Å². The van der Waals surface area contributed by atoms with Crippen molar-refractivity contribution < 1.29 is 9.84 Å². The fourth-order valence-corrected chi connectivity index (χ4v) is 2.79. The number of nitrogens with one attached hydrogen (secondary N) is 1. The van der Waals surface area contributed by atoms with Crippen LogP contribution >= 0.6 is 0 Å². The molecule has 21 heavy (non-hydrogen) atoms. The molecule has 0 saturated carbocycles. The number of aromatic hydroxyl groups is 1. The van der Waals surface area contributed by atoms with E-state index in [2.05, 4.69) is 22.9 Å². The molecule has 1 aromatic carbocycles. The minimum atomic E-state index is -0.0608. The summed E-state index contributed by atoms with van der Waals surface area (Å²) in [6.45, 7) is 7.37. The van der Waals surface area contributed by atoms with Gasteiger partial charge in [0.2, 0.25) is 0 Å². The first-order valence-electron chi connectivity index (χ1n) is 7.08. The number of hydrogen-bond donors (Lipinski definition) is 2. The van der Waals surface area contributed by atoms with E-state index >= 15 is 0 Å². The average molecular weight is 287 g/mol. The number of methoxy groups -OCH3 is 1. The van der Waals surface area contributed by atoms with Crippen molar-refractivity contribution in [3.63, 3.8) is 0 Å². The lowest BCUT2D eigenvalue weighted by Gasteiger charge is -2.35. The quantitative estimate of drug-likeness (QED) is 0.808. The Bertz CT molecular complexity index is 545. The Hall–Kier alpha value is -2.03. The van der Waals surface area contributed by atoms with Gasteiger partial charge in [0.15, 0.2) is 11.5 Å². The van der Waals surface area contributed by atoms with Gasteiger partial charge in [-0.3, -0.25) is 4.90 Å². The Morgan fingerprint density at radius 3 is 2.81 bits per heavy atom. The third kappa shape index (κ3) is 3.18. The van der Waals surface area contributed by atoms with E-state index in [1.165, 1.54) is 7.11 Å². The van der Waals surface area contributed by atoms with Crippen molar-refractivity contribution in [2.75, 3.05) is 33.3 Å². The number of phenols is 1. The average Bonchev–Trinajstić information content (AvgIpc) is 2.53. The van der Waals surface area contributed by atoms with Crippen LogP contribution in [0.1, 0.15) is 23.6 Å². The molecule has 0 aliphatic carbocycles. The molecular weight excluding hydrogens is 266 g/mol. The highest BCUT2D eigenvalue weighted by molar-refractivity contribution is 5.55. The highest BCUT2D eigenvalue weighted by Crippen LogP contribution is 2.40. The molecular formula is C16H21N3O2. The second-order valence-electron chi connectivity index (χ2n) is 5.02. The van der Waals surface area contributed by atoms with E-state index < -0.39 is 0 Å². The number of phenolic OH excluding ortho intramolecular Hbond substituents is 1. The summed E-state index contributed by atoms with van der Waals surface area (Å²) >= 11 is 0. The second kappa shape index (κ2) is 7.11. The minimum Gasteiger partial charge on any atom is -0.504 e. The summed E-state index contributed by atoms with van der Waals surface area (Å²) in [5.74, 6) is 0.454. The van der Waals surface area contributed by atoms with Gasteiger partial charge in [0.05, 0.1) is 18.7 Å². The van der Waals surface area contributed by atoms with Crippen LogP contribution in [0.2, 0.25) is 0 Å². The minimum absolute atomic E-state index is 0.0573.